The third kappa shape index (κ3) is 10.3. The molecule has 6 aromatic carbocycles. The van der Waals surface area contributed by atoms with Crippen molar-refractivity contribution in [3.05, 3.63) is 127 Å². The largest absolute Gasteiger partial charge is 0.506 e. The number of benzene rings is 6. The Morgan fingerprint density at radius 1 is 0.537 bits per heavy atom. The van der Waals surface area contributed by atoms with E-state index in [4.69, 9.17) is 4.18 Å². The molecule has 0 spiro atoms. The third-order valence-electron chi connectivity index (χ3n) is 7.55. The molecular weight excluding hydrogens is 779 g/mol. The Labute approximate surface area is 354 Å². The minimum Gasteiger partial charge on any atom is -0.506 e. The zero-order chi connectivity index (χ0) is 37.3. The van der Waals surface area contributed by atoms with Crippen LogP contribution in [0.4, 0.5) is 22.7 Å². The van der Waals surface area contributed by atoms with Gasteiger partial charge in [-0.25, -0.2) is 0 Å². The van der Waals surface area contributed by atoms with Crippen LogP contribution in [-0.2, 0) is 30.4 Å². The molecule has 6 aromatic rings. The summed E-state index contributed by atoms with van der Waals surface area (Å²) in [5.74, 6) is -0.365. The van der Waals surface area contributed by atoms with Crippen LogP contribution in [0.25, 0.3) is 21.9 Å². The maximum Gasteiger partial charge on any atom is 0.339 e. The van der Waals surface area contributed by atoms with Gasteiger partial charge in [0.15, 0.2) is 0 Å². The number of hydrogen-bond acceptors (Lipinski definition) is 12. The Kier molecular flexibility index (Phi) is 13.7. The van der Waals surface area contributed by atoms with Gasteiger partial charge in [0.05, 0.1) is 22.0 Å². The standard InChI is InChI=1S/C35H26N4O10S3.2Na/c1-22-2-17-30(18-3-22)52(47,48)49-29-15-13-28(14-16-29)37-36-26-9-4-23(5-10-26)24-6-11-27(12-7-24)38-39-35-32(40)19-8-25-20-31(50(41,42)43)21-33(34(25)35)51(44,45)46;;/h2-21,40H,1H3,(H,41,42,43)(H,44,45,46);;. The molecule has 0 aliphatic rings. The van der Waals surface area contributed by atoms with Gasteiger partial charge in [0.25, 0.3) is 20.2 Å². The molecular formula is C35H26N4Na2O10S3. The van der Waals surface area contributed by atoms with Gasteiger partial charge < -0.3 is 9.29 Å². The van der Waals surface area contributed by atoms with Crippen LogP contribution in [0.1, 0.15) is 5.56 Å². The summed E-state index contributed by atoms with van der Waals surface area (Å²) in [4.78, 5) is -1.62. The fraction of sp³-hybridized carbons (Fsp3) is 0.0286. The minimum absolute atomic E-state index is 0. The number of rotatable bonds is 10. The number of phenolic OH excluding ortho intramolecular Hbond substituents is 1. The van der Waals surface area contributed by atoms with Crippen molar-refractivity contribution in [1.82, 2.24) is 0 Å². The average Bonchev–Trinajstić information content (AvgIpc) is 3.10. The van der Waals surface area contributed by atoms with E-state index < -0.39 is 45.9 Å². The first-order valence-electron chi connectivity index (χ1n) is 15.0. The third-order valence-corrected chi connectivity index (χ3v) is 10.5. The van der Waals surface area contributed by atoms with Crippen LogP contribution in [0.5, 0.6) is 11.5 Å². The van der Waals surface area contributed by atoms with Gasteiger partial charge in [-0.1, -0.05) is 48.0 Å². The van der Waals surface area contributed by atoms with E-state index in [9.17, 15) is 39.5 Å². The summed E-state index contributed by atoms with van der Waals surface area (Å²) in [5.41, 5.74) is 3.56. The molecule has 14 nitrogen and oxygen atoms in total. The summed E-state index contributed by atoms with van der Waals surface area (Å²) in [6, 6.07) is 30.2. The summed E-state index contributed by atoms with van der Waals surface area (Å²) >= 11 is 0. The van der Waals surface area contributed by atoms with E-state index in [0.717, 1.165) is 28.8 Å². The number of nitrogens with zero attached hydrogens (tertiary/aromatic N) is 4. The Morgan fingerprint density at radius 2 is 1.02 bits per heavy atom. The number of hydrogen-bond donors (Lipinski definition) is 3. The smallest absolute Gasteiger partial charge is 0.339 e. The Morgan fingerprint density at radius 3 is 1.50 bits per heavy atom. The molecule has 6 rings (SSSR count). The SMILES string of the molecule is Cc1ccc(S(=O)(=O)Oc2ccc(N=Nc3ccc(-c4ccc(N=Nc5c(O)ccc6cc(S(=O)(=O)O)cc(S(=O)(=O)O)c56)cc4)cc3)cc2)cc1.[Na].[Na]. The van der Waals surface area contributed by atoms with Crippen LogP contribution in [0, 0.1) is 6.92 Å². The first kappa shape index (κ1) is 42.9. The molecule has 0 fully saturated rings. The molecule has 54 heavy (non-hydrogen) atoms. The number of azo groups is 2. The van der Waals surface area contributed by atoms with Crippen molar-refractivity contribution in [2.45, 2.75) is 21.6 Å². The maximum atomic E-state index is 12.5. The molecule has 0 saturated carbocycles. The Bertz CT molecular complexity index is 2710. The summed E-state index contributed by atoms with van der Waals surface area (Å²) in [7, 11) is -13.8. The first-order chi connectivity index (χ1) is 24.6. The predicted octanol–water partition coefficient (Wildman–Crippen LogP) is 7.85. The molecule has 0 heterocycles. The van der Waals surface area contributed by atoms with Gasteiger partial charge in [-0.05, 0) is 102 Å². The van der Waals surface area contributed by atoms with E-state index in [1.165, 1.54) is 30.3 Å². The van der Waals surface area contributed by atoms with E-state index in [2.05, 4.69) is 20.5 Å². The summed E-state index contributed by atoms with van der Waals surface area (Å²) in [6.45, 7) is 1.85. The molecule has 0 saturated heterocycles. The number of phenols is 1. The number of fused-ring (bicyclic) bond motifs is 1. The predicted molar refractivity (Wildman–Crippen MR) is 202 cm³/mol. The van der Waals surface area contributed by atoms with E-state index in [0.29, 0.717) is 23.1 Å². The maximum absolute atomic E-state index is 12.5. The van der Waals surface area contributed by atoms with Gasteiger partial charge in [-0.3, -0.25) is 9.11 Å². The van der Waals surface area contributed by atoms with Crippen LogP contribution in [0.3, 0.4) is 0 Å². The topological polar surface area (TPSA) is 222 Å². The van der Waals surface area contributed by atoms with Crippen LogP contribution < -0.4 is 4.18 Å². The molecule has 19 heteroatoms. The molecule has 0 atom stereocenters. The fourth-order valence-corrected chi connectivity index (χ4v) is 7.23. The summed E-state index contributed by atoms with van der Waals surface area (Å²) in [5, 5.41) is 26.6. The van der Waals surface area contributed by atoms with Crippen molar-refractivity contribution in [2.24, 2.45) is 20.5 Å². The van der Waals surface area contributed by atoms with Crippen molar-refractivity contribution in [1.29, 1.82) is 0 Å². The zero-order valence-electron chi connectivity index (χ0n) is 28.8. The molecule has 0 aliphatic heterocycles. The van der Waals surface area contributed by atoms with Crippen molar-refractivity contribution < 1.29 is 43.6 Å². The molecule has 266 valence electrons. The Hall–Kier alpha value is -3.85. The van der Waals surface area contributed by atoms with Crippen LogP contribution >= 0.6 is 0 Å². The minimum atomic E-state index is -5.03. The second-order valence-electron chi connectivity index (χ2n) is 11.2. The van der Waals surface area contributed by atoms with Crippen molar-refractivity contribution in [3.63, 3.8) is 0 Å². The quantitative estimate of drug-likeness (QED) is 0.0526. The number of aryl methyl sites for hydroxylation is 1. The second-order valence-corrected chi connectivity index (χ2v) is 15.6. The summed E-state index contributed by atoms with van der Waals surface area (Å²) in [6.07, 6.45) is 0. The molecule has 0 bridgehead atoms. The zero-order valence-corrected chi connectivity index (χ0v) is 35.2. The van der Waals surface area contributed by atoms with E-state index in [-0.39, 0.29) is 86.2 Å². The normalized spacial score (nSPS) is 12.1. The average molecular weight is 805 g/mol. The second kappa shape index (κ2) is 17.3. The summed E-state index contributed by atoms with van der Waals surface area (Å²) < 4.78 is 97.2. The van der Waals surface area contributed by atoms with Crippen molar-refractivity contribution in [2.75, 3.05) is 0 Å². The van der Waals surface area contributed by atoms with Crippen LogP contribution in [-0.4, -0.2) is 98.6 Å². The van der Waals surface area contributed by atoms with Gasteiger partial charge in [-0.15, -0.1) is 5.11 Å². The van der Waals surface area contributed by atoms with Gasteiger partial charge >= 0.3 is 10.1 Å². The fourth-order valence-electron chi connectivity index (χ4n) is 4.94. The first-order valence-corrected chi connectivity index (χ1v) is 19.3. The molecule has 2 radical (unpaired) electrons. The molecule has 0 unspecified atom stereocenters. The number of aromatic hydroxyl groups is 1. The van der Waals surface area contributed by atoms with Gasteiger partial charge in [0.1, 0.15) is 27.0 Å². The van der Waals surface area contributed by atoms with Crippen LogP contribution in [0.2, 0.25) is 0 Å². The van der Waals surface area contributed by atoms with Gasteiger partial charge in [0, 0.05) is 64.5 Å². The molecule has 0 amide bonds. The van der Waals surface area contributed by atoms with Gasteiger partial charge in [0.2, 0.25) is 0 Å². The Balaban J connectivity index is 0.00000325. The van der Waals surface area contributed by atoms with Crippen LogP contribution in [0.15, 0.2) is 156 Å². The van der Waals surface area contributed by atoms with E-state index >= 15 is 0 Å². The van der Waals surface area contributed by atoms with E-state index in [1.54, 1.807) is 60.7 Å². The van der Waals surface area contributed by atoms with Crippen molar-refractivity contribution >= 4 is 123 Å². The molecule has 0 aliphatic carbocycles. The van der Waals surface area contributed by atoms with Gasteiger partial charge in [-0.2, -0.15) is 40.6 Å². The van der Waals surface area contributed by atoms with Crippen molar-refractivity contribution in [3.8, 4) is 22.6 Å². The molecule has 0 aromatic heterocycles. The molecule has 3 N–H and O–H groups in total. The van der Waals surface area contributed by atoms with E-state index in [1.807, 2.05) is 19.1 Å². The monoisotopic (exact) mass is 804 g/mol.